The third-order valence-electron chi connectivity index (χ3n) is 2.43. The van der Waals surface area contributed by atoms with Gasteiger partial charge in [0, 0.05) is 6.04 Å². The van der Waals surface area contributed by atoms with Crippen LogP contribution in [0.25, 0.3) is 0 Å². The number of benzene rings is 1. The van der Waals surface area contributed by atoms with E-state index in [1.807, 2.05) is 0 Å². The lowest BCUT2D eigenvalue weighted by molar-refractivity contribution is 0.491. The average molecular weight is 213 g/mol. The molecule has 0 radical (unpaired) electrons. The third-order valence-corrected chi connectivity index (χ3v) is 2.43. The van der Waals surface area contributed by atoms with Crippen molar-refractivity contribution in [3.63, 3.8) is 0 Å². The summed E-state index contributed by atoms with van der Waals surface area (Å²) in [6.45, 7) is 4.22. The van der Waals surface area contributed by atoms with E-state index in [0.29, 0.717) is 11.5 Å². The maximum atomic E-state index is 12.9. The Morgan fingerprint density at radius 3 is 2.33 bits per heavy atom. The van der Waals surface area contributed by atoms with Crippen molar-refractivity contribution < 1.29 is 8.78 Å². The highest BCUT2D eigenvalue weighted by Gasteiger charge is 2.10. The van der Waals surface area contributed by atoms with E-state index >= 15 is 0 Å². The fourth-order valence-electron chi connectivity index (χ4n) is 1.42. The van der Waals surface area contributed by atoms with Gasteiger partial charge in [-0.1, -0.05) is 19.9 Å². The number of halogens is 2. The molecule has 0 fully saturated rings. The van der Waals surface area contributed by atoms with Gasteiger partial charge in [0.05, 0.1) is 0 Å². The Morgan fingerprint density at radius 1 is 1.13 bits per heavy atom. The van der Waals surface area contributed by atoms with Gasteiger partial charge in [-0.3, -0.25) is 0 Å². The summed E-state index contributed by atoms with van der Waals surface area (Å²) in [4.78, 5) is 0. The molecule has 1 atom stereocenters. The zero-order valence-corrected chi connectivity index (χ0v) is 9.13. The molecular formula is C12H17F2N. The normalized spacial score (nSPS) is 13.2. The maximum Gasteiger partial charge on any atom is 0.159 e. The first-order valence-corrected chi connectivity index (χ1v) is 5.21. The van der Waals surface area contributed by atoms with Crippen LogP contribution < -0.4 is 5.73 Å². The van der Waals surface area contributed by atoms with Gasteiger partial charge in [-0.25, -0.2) is 8.78 Å². The second-order valence-corrected chi connectivity index (χ2v) is 4.25. The van der Waals surface area contributed by atoms with E-state index < -0.39 is 11.6 Å². The molecule has 0 heterocycles. The molecule has 0 amide bonds. The van der Waals surface area contributed by atoms with E-state index in [1.165, 1.54) is 6.07 Å². The van der Waals surface area contributed by atoms with E-state index in [2.05, 4.69) is 13.8 Å². The standard InChI is InChI=1S/C12H17F2N/c1-8(2)3-6-12(15)9-4-5-10(13)11(14)7-9/h4-5,7-8,12H,3,6,15H2,1-2H3/t12-/m1/s1. The molecule has 2 N–H and O–H groups in total. The fourth-order valence-corrected chi connectivity index (χ4v) is 1.42. The molecule has 0 aliphatic carbocycles. The Kier molecular flexibility index (Phi) is 4.21. The van der Waals surface area contributed by atoms with E-state index in [1.54, 1.807) is 6.07 Å². The lowest BCUT2D eigenvalue weighted by atomic mass is 9.98. The molecule has 84 valence electrons. The molecule has 0 spiro atoms. The van der Waals surface area contributed by atoms with Gasteiger partial charge in [-0.15, -0.1) is 0 Å². The highest BCUT2D eigenvalue weighted by atomic mass is 19.2. The molecular weight excluding hydrogens is 196 g/mol. The summed E-state index contributed by atoms with van der Waals surface area (Å²) in [5.41, 5.74) is 6.53. The highest BCUT2D eigenvalue weighted by Crippen LogP contribution is 2.20. The van der Waals surface area contributed by atoms with E-state index in [9.17, 15) is 8.78 Å². The monoisotopic (exact) mass is 213 g/mol. The van der Waals surface area contributed by atoms with Crippen LogP contribution in [-0.2, 0) is 0 Å². The van der Waals surface area contributed by atoms with E-state index in [0.717, 1.165) is 18.9 Å². The molecule has 1 nitrogen and oxygen atoms in total. The van der Waals surface area contributed by atoms with Crippen LogP contribution in [0.2, 0.25) is 0 Å². The van der Waals surface area contributed by atoms with Crippen molar-refractivity contribution in [2.75, 3.05) is 0 Å². The molecule has 1 aromatic carbocycles. The van der Waals surface area contributed by atoms with Crippen LogP contribution in [0.15, 0.2) is 18.2 Å². The minimum absolute atomic E-state index is 0.206. The van der Waals surface area contributed by atoms with E-state index in [4.69, 9.17) is 5.73 Å². The fraction of sp³-hybridized carbons (Fsp3) is 0.500. The summed E-state index contributed by atoms with van der Waals surface area (Å²) in [6.07, 6.45) is 1.78. The second-order valence-electron chi connectivity index (χ2n) is 4.25. The van der Waals surface area contributed by atoms with Crippen molar-refractivity contribution in [1.29, 1.82) is 0 Å². The Labute approximate surface area is 89.3 Å². The Morgan fingerprint density at radius 2 is 1.80 bits per heavy atom. The molecule has 0 bridgehead atoms. The van der Waals surface area contributed by atoms with Gasteiger partial charge in [0.15, 0.2) is 11.6 Å². The molecule has 0 saturated carbocycles. The predicted octanol–water partition coefficient (Wildman–Crippen LogP) is 3.40. The number of hydrogen-bond donors (Lipinski definition) is 1. The van der Waals surface area contributed by atoms with Crippen LogP contribution in [-0.4, -0.2) is 0 Å². The summed E-state index contributed by atoms with van der Waals surface area (Å²) >= 11 is 0. The van der Waals surface area contributed by atoms with E-state index in [-0.39, 0.29) is 6.04 Å². The maximum absolute atomic E-state index is 12.9. The minimum Gasteiger partial charge on any atom is -0.324 e. The topological polar surface area (TPSA) is 26.0 Å². The molecule has 0 unspecified atom stereocenters. The molecule has 0 aromatic heterocycles. The predicted molar refractivity (Wildman–Crippen MR) is 57.4 cm³/mol. The molecule has 15 heavy (non-hydrogen) atoms. The molecule has 0 aliphatic rings. The van der Waals surface area contributed by atoms with Gasteiger partial charge >= 0.3 is 0 Å². The van der Waals surface area contributed by atoms with Crippen molar-refractivity contribution in [3.8, 4) is 0 Å². The lowest BCUT2D eigenvalue weighted by Crippen LogP contribution is -2.11. The summed E-state index contributed by atoms with van der Waals surface area (Å²) in [5, 5.41) is 0. The summed E-state index contributed by atoms with van der Waals surface area (Å²) in [5.74, 6) is -1.08. The summed E-state index contributed by atoms with van der Waals surface area (Å²) in [7, 11) is 0. The number of hydrogen-bond acceptors (Lipinski definition) is 1. The van der Waals surface area contributed by atoms with Gasteiger partial charge in [0.1, 0.15) is 0 Å². The molecule has 0 aliphatic heterocycles. The Balaban J connectivity index is 2.65. The van der Waals surface area contributed by atoms with Crippen molar-refractivity contribution in [1.82, 2.24) is 0 Å². The molecule has 3 heteroatoms. The average Bonchev–Trinajstić information content (AvgIpc) is 2.18. The number of rotatable bonds is 4. The summed E-state index contributed by atoms with van der Waals surface area (Å²) in [6, 6.07) is 3.64. The highest BCUT2D eigenvalue weighted by molar-refractivity contribution is 5.20. The van der Waals surface area contributed by atoms with Crippen LogP contribution >= 0.6 is 0 Å². The van der Waals surface area contributed by atoms with Gasteiger partial charge in [-0.05, 0) is 36.5 Å². The van der Waals surface area contributed by atoms with Crippen molar-refractivity contribution in [2.45, 2.75) is 32.7 Å². The lowest BCUT2D eigenvalue weighted by Gasteiger charge is -2.13. The van der Waals surface area contributed by atoms with Crippen LogP contribution in [0.5, 0.6) is 0 Å². The van der Waals surface area contributed by atoms with Gasteiger partial charge in [-0.2, -0.15) is 0 Å². The van der Waals surface area contributed by atoms with Crippen molar-refractivity contribution in [3.05, 3.63) is 35.4 Å². The molecule has 1 rings (SSSR count). The van der Waals surface area contributed by atoms with Crippen LogP contribution in [0.4, 0.5) is 8.78 Å². The van der Waals surface area contributed by atoms with Crippen LogP contribution in [0, 0.1) is 17.6 Å². The largest absolute Gasteiger partial charge is 0.324 e. The van der Waals surface area contributed by atoms with Gasteiger partial charge < -0.3 is 5.73 Å². The zero-order valence-electron chi connectivity index (χ0n) is 9.13. The Bertz CT molecular complexity index is 323. The molecule has 0 saturated heterocycles. The second kappa shape index (κ2) is 5.21. The quantitative estimate of drug-likeness (QED) is 0.815. The van der Waals surface area contributed by atoms with Gasteiger partial charge in [0.25, 0.3) is 0 Å². The smallest absolute Gasteiger partial charge is 0.159 e. The zero-order chi connectivity index (χ0) is 11.4. The minimum atomic E-state index is -0.826. The third kappa shape index (κ3) is 3.59. The van der Waals surface area contributed by atoms with Crippen molar-refractivity contribution >= 4 is 0 Å². The number of nitrogens with two attached hydrogens (primary N) is 1. The SMILES string of the molecule is CC(C)CC[C@@H](N)c1ccc(F)c(F)c1. The molecule has 1 aromatic rings. The van der Waals surface area contributed by atoms with Gasteiger partial charge in [0.2, 0.25) is 0 Å². The van der Waals surface area contributed by atoms with Crippen LogP contribution in [0.1, 0.15) is 38.3 Å². The first-order valence-electron chi connectivity index (χ1n) is 5.21. The first-order chi connectivity index (χ1) is 7.00. The Hall–Kier alpha value is -0.960. The van der Waals surface area contributed by atoms with Crippen molar-refractivity contribution in [2.24, 2.45) is 11.7 Å². The first kappa shape index (κ1) is 12.1. The van der Waals surface area contributed by atoms with Crippen LogP contribution in [0.3, 0.4) is 0 Å². The summed E-state index contributed by atoms with van der Waals surface area (Å²) < 4.78 is 25.6.